The highest BCUT2D eigenvalue weighted by atomic mass is 35.5. The van der Waals surface area contributed by atoms with Crippen LogP contribution < -0.4 is 5.32 Å². The van der Waals surface area contributed by atoms with E-state index in [1.165, 1.54) is 0 Å². The molecule has 104 valence electrons. The number of halogens is 2. The lowest BCUT2D eigenvalue weighted by molar-refractivity contribution is 0.574. The molecule has 0 radical (unpaired) electrons. The van der Waals surface area contributed by atoms with Crippen LogP contribution in [0.1, 0.15) is 29.8 Å². The van der Waals surface area contributed by atoms with Gasteiger partial charge in [0, 0.05) is 35.9 Å². The average Bonchev–Trinajstić information content (AvgIpc) is 2.76. The largest absolute Gasteiger partial charge is 0.342 e. The third-order valence-electron chi connectivity index (χ3n) is 3.22. The van der Waals surface area contributed by atoms with Gasteiger partial charge in [0.2, 0.25) is 0 Å². The van der Waals surface area contributed by atoms with Crippen LogP contribution in [0.5, 0.6) is 0 Å². The van der Waals surface area contributed by atoms with Gasteiger partial charge in [-0.25, -0.2) is 0 Å². The molecule has 0 aliphatic carbocycles. The first-order valence-electron chi connectivity index (χ1n) is 6.25. The average molecular weight is 308 g/mol. The third kappa shape index (κ3) is 3.34. The van der Waals surface area contributed by atoms with Crippen molar-refractivity contribution in [2.24, 2.45) is 7.05 Å². The number of hydrogen-bond acceptors (Lipinski definition) is 2. The van der Waals surface area contributed by atoms with Gasteiger partial charge < -0.3 is 9.88 Å². The first-order chi connectivity index (χ1) is 9.51. The Morgan fingerprint density at radius 3 is 2.70 bits per heavy atom. The number of rotatable bonds is 4. The maximum atomic E-state index is 8.93. The SMILES string of the molecule is CC(NCc1cc(C#N)n(C)c1)c1ccc(Cl)cc1Cl. The van der Waals surface area contributed by atoms with Crippen LogP contribution in [0, 0.1) is 11.3 Å². The molecule has 0 saturated heterocycles. The number of nitrogens with one attached hydrogen (secondary N) is 1. The van der Waals surface area contributed by atoms with Gasteiger partial charge in [0.05, 0.1) is 0 Å². The van der Waals surface area contributed by atoms with E-state index in [1.807, 2.05) is 42.9 Å². The quantitative estimate of drug-likeness (QED) is 0.925. The summed E-state index contributed by atoms with van der Waals surface area (Å²) in [6.07, 6.45) is 1.95. The number of benzene rings is 1. The molecule has 0 aliphatic rings. The van der Waals surface area contributed by atoms with E-state index in [9.17, 15) is 0 Å². The van der Waals surface area contributed by atoms with Gasteiger partial charge in [0.1, 0.15) is 11.8 Å². The number of nitrogens with zero attached hydrogens (tertiary/aromatic N) is 2. The van der Waals surface area contributed by atoms with Crippen LogP contribution >= 0.6 is 23.2 Å². The van der Waals surface area contributed by atoms with Gasteiger partial charge in [0.25, 0.3) is 0 Å². The molecule has 0 fully saturated rings. The normalized spacial score (nSPS) is 12.2. The van der Waals surface area contributed by atoms with Gasteiger partial charge in [-0.1, -0.05) is 29.3 Å². The van der Waals surface area contributed by atoms with Crippen molar-refractivity contribution in [1.29, 1.82) is 5.26 Å². The molecule has 0 amide bonds. The Hall–Kier alpha value is -1.47. The lowest BCUT2D eigenvalue weighted by atomic mass is 10.1. The molecular formula is C15H15Cl2N3. The van der Waals surface area contributed by atoms with E-state index in [1.54, 1.807) is 6.07 Å². The smallest absolute Gasteiger partial charge is 0.120 e. The van der Waals surface area contributed by atoms with Gasteiger partial charge in [-0.15, -0.1) is 0 Å². The molecule has 2 rings (SSSR count). The first-order valence-corrected chi connectivity index (χ1v) is 7.00. The van der Waals surface area contributed by atoms with E-state index >= 15 is 0 Å². The Morgan fingerprint density at radius 1 is 1.35 bits per heavy atom. The van der Waals surface area contributed by atoms with Crippen LogP contribution in [0.15, 0.2) is 30.5 Å². The molecule has 1 unspecified atom stereocenters. The number of aromatic nitrogens is 1. The molecule has 20 heavy (non-hydrogen) atoms. The third-order valence-corrected chi connectivity index (χ3v) is 3.78. The zero-order valence-electron chi connectivity index (χ0n) is 11.3. The van der Waals surface area contributed by atoms with Crippen LogP contribution in [0.25, 0.3) is 0 Å². The molecule has 0 aliphatic heterocycles. The molecule has 1 aromatic carbocycles. The lowest BCUT2D eigenvalue weighted by Gasteiger charge is -2.15. The van der Waals surface area contributed by atoms with Crippen molar-refractivity contribution in [3.8, 4) is 6.07 Å². The molecule has 1 heterocycles. The maximum Gasteiger partial charge on any atom is 0.120 e. The van der Waals surface area contributed by atoms with Gasteiger partial charge in [-0.3, -0.25) is 0 Å². The Morgan fingerprint density at radius 2 is 2.10 bits per heavy atom. The summed E-state index contributed by atoms with van der Waals surface area (Å²) in [5.41, 5.74) is 2.73. The van der Waals surface area contributed by atoms with Crippen LogP contribution in [-0.2, 0) is 13.6 Å². The van der Waals surface area contributed by atoms with Crippen LogP contribution in [0.4, 0.5) is 0 Å². The zero-order valence-corrected chi connectivity index (χ0v) is 12.8. The molecule has 3 nitrogen and oxygen atoms in total. The number of hydrogen-bond donors (Lipinski definition) is 1. The topological polar surface area (TPSA) is 40.8 Å². The summed E-state index contributed by atoms with van der Waals surface area (Å²) in [7, 11) is 1.86. The molecule has 0 spiro atoms. The molecule has 0 bridgehead atoms. The van der Waals surface area contributed by atoms with Crippen molar-refractivity contribution in [3.05, 3.63) is 57.3 Å². The summed E-state index contributed by atoms with van der Waals surface area (Å²) in [6.45, 7) is 2.72. The van der Waals surface area contributed by atoms with Crippen molar-refractivity contribution < 1.29 is 0 Å². The molecule has 5 heteroatoms. The summed E-state index contributed by atoms with van der Waals surface area (Å²) in [6, 6.07) is 9.63. The van der Waals surface area contributed by atoms with Crippen molar-refractivity contribution in [1.82, 2.24) is 9.88 Å². The van der Waals surface area contributed by atoms with Crippen LogP contribution in [0.2, 0.25) is 10.0 Å². The summed E-state index contributed by atoms with van der Waals surface area (Å²) < 4.78 is 1.82. The van der Waals surface area contributed by atoms with Crippen LogP contribution in [-0.4, -0.2) is 4.57 Å². The second-order valence-electron chi connectivity index (χ2n) is 4.72. The van der Waals surface area contributed by atoms with E-state index in [-0.39, 0.29) is 6.04 Å². The fourth-order valence-electron chi connectivity index (χ4n) is 2.07. The molecule has 1 aromatic heterocycles. The Bertz CT molecular complexity index is 656. The Balaban J connectivity index is 2.04. The highest BCUT2D eigenvalue weighted by Crippen LogP contribution is 2.26. The Labute approximate surface area is 128 Å². The minimum Gasteiger partial charge on any atom is -0.342 e. The van der Waals surface area contributed by atoms with Gasteiger partial charge in [0.15, 0.2) is 0 Å². The van der Waals surface area contributed by atoms with Crippen molar-refractivity contribution in [2.75, 3.05) is 0 Å². The molecule has 1 N–H and O–H groups in total. The van der Waals surface area contributed by atoms with Crippen molar-refractivity contribution in [3.63, 3.8) is 0 Å². The minimum absolute atomic E-state index is 0.102. The monoisotopic (exact) mass is 307 g/mol. The second kappa shape index (κ2) is 6.32. The second-order valence-corrected chi connectivity index (χ2v) is 5.57. The maximum absolute atomic E-state index is 8.93. The number of nitriles is 1. The highest BCUT2D eigenvalue weighted by Gasteiger charge is 2.10. The van der Waals surface area contributed by atoms with E-state index in [2.05, 4.69) is 11.4 Å². The summed E-state index contributed by atoms with van der Waals surface area (Å²) in [5.74, 6) is 0. The molecule has 2 aromatic rings. The van der Waals surface area contributed by atoms with Gasteiger partial charge in [-0.2, -0.15) is 5.26 Å². The summed E-state index contributed by atoms with van der Waals surface area (Å²) in [4.78, 5) is 0. The fourth-order valence-corrected chi connectivity index (χ4v) is 2.65. The Kier molecular flexibility index (Phi) is 4.72. The first kappa shape index (κ1) is 14.9. The highest BCUT2D eigenvalue weighted by molar-refractivity contribution is 6.35. The van der Waals surface area contributed by atoms with E-state index in [0.29, 0.717) is 22.3 Å². The molecule has 1 atom stereocenters. The predicted octanol–water partition coefficient (Wildman–Crippen LogP) is 4.05. The molecule has 0 saturated carbocycles. The van der Waals surface area contributed by atoms with Crippen LogP contribution in [0.3, 0.4) is 0 Å². The zero-order chi connectivity index (χ0) is 14.7. The standard InChI is InChI=1S/C15H15Cl2N3/c1-10(14-4-3-12(16)6-15(14)17)19-8-11-5-13(7-18)20(2)9-11/h3-6,9-10,19H,8H2,1-2H3. The van der Waals surface area contributed by atoms with Crippen molar-refractivity contribution in [2.45, 2.75) is 19.5 Å². The lowest BCUT2D eigenvalue weighted by Crippen LogP contribution is -2.18. The molecular weight excluding hydrogens is 293 g/mol. The van der Waals surface area contributed by atoms with E-state index in [4.69, 9.17) is 28.5 Å². The summed E-state index contributed by atoms with van der Waals surface area (Å²) >= 11 is 12.1. The predicted molar refractivity (Wildman–Crippen MR) is 81.8 cm³/mol. The van der Waals surface area contributed by atoms with E-state index < -0.39 is 0 Å². The number of aryl methyl sites for hydroxylation is 1. The summed E-state index contributed by atoms with van der Waals surface area (Å²) in [5, 5.41) is 13.6. The van der Waals surface area contributed by atoms with Gasteiger partial charge in [-0.05, 0) is 36.2 Å². The van der Waals surface area contributed by atoms with E-state index in [0.717, 1.165) is 11.1 Å². The minimum atomic E-state index is 0.102. The van der Waals surface area contributed by atoms with Gasteiger partial charge >= 0.3 is 0 Å². The fraction of sp³-hybridized carbons (Fsp3) is 0.267. The van der Waals surface area contributed by atoms with Crippen molar-refractivity contribution >= 4 is 23.2 Å².